The summed E-state index contributed by atoms with van der Waals surface area (Å²) in [7, 11) is 0. The van der Waals surface area contributed by atoms with Crippen LogP contribution in [0.3, 0.4) is 0 Å². The quantitative estimate of drug-likeness (QED) is 0.0839. The summed E-state index contributed by atoms with van der Waals surface area (Å²) in [5.74, 6) is 2.44. The van der Waals surface area contributed by atoms with E-state index in [1.807, 2.05) is 92.7 Å². The predicted octanol–water partition coefficient (Wildman–Crippen LogP) is 8.64. The number of carbonyl (C=O) groups excluding carboxylic acids is 1. The van der Waals surface area contributed by atoms with E-state index >= 15 is 0 Å². The zero-order valence-electron chi connectivity index (χ0n) is 26.9. The SMILES string of the molecule is CCOc1cc(COc2ccc(Cl)cc2/C=N/NC(=O)c2ccc(OCc3ccccc3)c(OCC)c2)ccc1OCc1ccccc1. The molecule has 0 aliphatic heterocycles. The number of hydrogen-bond acceptors (Lipinski definition) is 7. The molecule has 0 saturated heterocycles. The summed E-state index contributed by atoms with van der Waals surface area (Å²) in [6, 6.07) is 35.7. The summed E-state index contributed by atoms with van der Waals surface area (Å²) < 4.78 is 29.7. The molecule has 0 aliphatic carbocycles. The molecule has 5 aromatic rings. The van der Waals surface area contributed by atoms with E-state index in [1.165, 1.54) is 6.21 Å². The standard InChI is InChI=1S/C39H37ClN2O6/c1-3-44-37-21-30(15-18-35(37)47-25-28-11-7-5-8-12-28)27-46-34-20-17-33(40)22-32(34)24-41-42-39(43)31-16-19-36(38(23-31)45-4-2)48-26-29-13-9-6-10-14-29/h5-24H,3-4,25-27H2,1-2H3,(H,42,43)/b41-24+. The van der Waals surface area contributed by atoms with Gasteiger partial charge in [0.05, 0.1) is 19.4 Å². The van der Waals surface area contributed by atoms with Crippen LogP contribution in [0.15, 0.2) is 120 Å². The third kappa shape index (κ3) is 9.77. The minimum Gasteiger partial charge on any atom is -0.490 e. The molecule has 0 aliphatic rings. The second-order valence-corrected chi connectivity index (χ2v) is 11.0. The average molecular weight is 665 g/mol. The van der Waals surface area contributed by atoms with Crippen LogP contribution < -0.4 is 29.1 Å². The summed E-state index contributed by atoms with van der Waals surface area (Å²) >= 11 is 6.28. The molecule has 0 radical (unpaired) electrons. The van der Waals surface area contributed by atoms with Gasteiger partial charge in [-0.3, -0.25) is 4.79 Å². The predicted molar refractivity (Wildman–Crippen MR) is 188 cm³/mol. The van der Waals surface area contributed by atoms with Gasteiger partial charge in [-0.25, -0.2) is 5.43 Å². The van der Waals surface area contributed by atoms with E-state index in [-0.39, 0.29) is 6.61 Å². The molecule has 0 aromatic heterocycles. The zero-order valence-corrected chi connectivity index (χ0v) is 27.6. The number of amides is 1. The molecule has 246 valence electrons. The first-order valence-electron chi connectivity index (χ1n) is 15.6. The van der Waals surface area contributed by atoms with Crippen molar-refractivity contribution in [2.75, 3.05) is 13.2 Å². The Morgan fingerprint density at radius 2 is 1.15 bits per heavy atom. The zero-order chi connectivity index (χ0) is 33.6. The van der Waals surface area contributed by atoms with Gasteiger partial charge in [-0.15, -0.1) is 0 Å². The van der Waals surface area contributed by atoms with Crippen LogP contribution in [0.25, 0.3) is 0 Å². The Morgan fingerprint density at radius 1 is 0.604 bits per heavy atom. The Bertz CT molecular complexity index is 1820. The maximum Gasteiger partial charge on any atom is 0.271 e. The fourth-order valence-corrected chi connectivity index (χ4v) is 4.86. The highest BCUT2D eigenvalue weighted by atomic mass is 35.5. The molecule has 8 nitrogen and oxygen atoms in total. The van der Waals surface area contributed by atoms with Gasteiger partial charge >= 0.3 is 0 Å². The van der Waals surface area contributed by atoms with E-state index in [9.17, 15) is 4.79 Å². The summed E-state index contributed by atoms with van der Waals surface area (Å²) in [4.78, 5) is 13.0. The molecule has 0 saturated carbocycles. The van der Waals surface area contributed by atoms with Gasteiger partial charge < -0.3 is 23.7 Å². The highest BCUT2D eigenvalue weighted by molar-refractivity contribution is 6.30. The van der Waals surface area contributed by atoms with Gasteiger partial charge in [0.25, 0.3) is 5.91 Å². The minimum absolute atomic E-state index is 0.257. The minimum atomic E-state index is -0.413. The number of halogens is 1. The topological polar surface area (TPSA) is 87.6 Å². The van der Waals surface area contributed by atoms with Crippen LogP contribution in [0.1, 0.15) is 46.5 Å². The van der Waals surface area contributed by atoms with Crippen molar-refractivity contribution < 1.29 is 28.5 Å². The summed E-state index contributed by atoms with van der Waals surface area (Å²) in [5, 5.41) is 4.67. The number of rotatable bonds is 16. The molecular formula is C39H37ClN2O6. The second kappa shape index (κ2) is 17.4. The fourth-order valence-electron chi connectivity index (χ4n) is 4.68. The van der Waals surface area contributed by atoms with Crippen molar-refractivity contribution in [1.29, 1.82) is 0 Å². The lowest BCUT2D eigenvalue weighted by atomic mass is 10.2. The average Bonchev–Trinajstić information content (AvgIpc) is 3.11. The lowest BCUT2D eigenvalue weighted by Crippen LogP contribution is -2.18. The van der Waals surface area contributed by atoms with Crippen LogP contribution in [0, 0.1) is 0 Å². The number of benzene rings is 5. The Morgan fingerprint density at radius 3 is 1.77 bits per heavy atom. The van der Waals surface area contributed by atoms with Crippen molar-refractivity contribution >= 4 is 23.7 Å². The second-order valence-electron chi connectivity index (χ2n) is 10.5. The van der Waals surface area contributed by atoms with Crippen molar-refractivity contribution in [3.05, 3.63) is 148 Å². The molecule has 0 unspecified atom stereocenters. The lowest BCUT2D eigenvalue weighted by molar-refractivity contribution is 0.0954. The third-order valence-electron chi connectivity index (χ3n) is 7.02. The Labute approximate surface area is 285 Å². The van der Waals surface area contributed by atoms with Gasteiger partial charge in [-0.2, -0.15) is 5.10 Å². The Hall–Kier alpha value is -5.47. The number of hydrogen-bond donors (Lipinski definition) is 1. The molecule has 1 N–H and O–H groups in total. The molecule has 0 bridgehead atoms. The summed E-state index contributed by atoms with van der Waals surface area (Å²) in [6.45, 7) is 5.78. The van der Waals surface area contributed by atoms with Gasteiger partial charge in [0.1, 0.15) is 25.6 Å². The first-order valence-corrected chi connectivity index (χ1v) is 16.0. The molecule has 0 heterocycles. The Kier molecular flexibility index (Phi) is 12.3. The van der Waals surface area contributed by atoms with Crippen molar-refractivity contribution in [3.63, 3.8) is 0 Å². The van der Waals surface area contributed by atoms with Crippen LogP contribution in [0.2, 0.25) is 5.02 Å². The van der Waals surface area contributed by atoms with Crippen molar-refractivity contribution in [1.82, 2.24) is 5.43 Å². The fraction of sp³-hybridized carbons (Fsp3) is 0.179. The van der Waals surface area contributed by atoms with E-state index in [1.54, 1.807) is 36.4 Å². The monoisotopic (exact) mass is 664 g/mol. The highest BCUT2D eigenvalue weighted by Crippen LogP contribution is 2.31. The number of nitrogens with one attached hydrogen (secondary N) is 1. The first kappa shape index (κ1) is 33.9. The maximum absolute atomic E-state index is 13.0. The molecule has 9 heteroatoms. The van der Waals surface area contributed by atoms with Crippen LogP contribution in [-0.4, -0.2) is 25.3 Å². The number of ether oxygens (including phenoxy) is 5. The molecular weight excluding hydrogens is 628 g/mol. The smallest absolute Gasteiger partial charge is 0.271 e. The third-order valence-corrected chi connectivity index (χ3v) is 7.26. The van der Waals surface area contributed by atoms with Gasteiger partial charge in [0, 0.05) is 16.1 Å². The lowest BCUT2D eigenvalue weighted by Gasteiger charge is -2.15. The van der Waals surface area contributed by atoms with Crippen LogP contribution >= 0.6 is 11.6 Å². The maximum atomic E-state index is 13.0. The highest BCUT2D eigenvalue weighted by Gasteiger charge is 2.13. The van der Waals surface area contributed by atoms with E-state index in [0.29, 0.717) is 71.3 Å². The molecule has 0 atom stereocenters. The number of carbonyl (C=O) groups is 1. The van der Waals surface area contributed by atoms with Gasteiger partial charge in [0.15, 0.2) is 23.0 Å². The van der Waals surface area contributed by atoms with Crippen LogP contribution in [0.5, 0.6) is 28.7 Å². The van der Waals surface area contributed by atoms with E-state index in [2.05, 4.69) is 10.5 Å². The molecule has 0 spiro atoms. The normalized spacial score (nSPS) is 10.8. The summed E-state index contributed by atoms with van der Waals surface area (Å²) in [5.41, 5.74) is 6.51. The molecule has 1 amide bonds. The van der Waals surface area contributed by atoms with Crippen molar-refractivity contribution in [2.45, 2.75) is 33.7 Å². The van der Waals surface area contributed by atoms with Crippen molar-refractivity contribution in [3.8, 4) is 28.7 Å². The number of nitrogens with zero attached hydrogens (tertiary/aromatic N) is 1. The van der Waals surface area contributed by atoms with Crippen LogP contribution in [0.4, 0.5) is 0 Å². The van der Waals surface area contributed by atoms with E-state index < -0.39 is 5.91 Å². The molecule has 48 heavy (non-hydrogen) atoms. The van der Waals surface area contributed by atoms with E-state index in [0.717, 1.165) is 16.7 Å². The molecule has 5 rings (SSSR count). The van der Waals surface area contributed by atoms with Gasteiger partial charge in [0.2, 0.25) is 0 Å². The largest absolute Gasteiger partial charge is 0.490 e. The van der Waals surface area contributed by atoms with E-state index in [4.69, 9.17) is 35.3 Å². The molecule has 0 fully saturated rings. The number of hydrazone groups is 1. The van der Waals surface area contributed by atoms with Crippen molar-refractivity contribution in [2.24, 2.45) is 5.10 Å². The van der Waals surface area contributed by atoms with Gasteiger partial charge in [-0.05, 0) is 79.1 Å². The summed E-state index contributed by atoms with van der Waals surface area (Å²) in [6.07, 6.45) is 1.49. The van der Waals surface area contributed by atoms with Gasteiger partial charge in [-0.1, -0.05) is 78.3 Å². The Balaban J connectivity index is 1.21. The first-order chi connectivity index (χ1) is 23.5. The van der Waals surface area contributed by atoms with Crippen LogP contribution in [-0.2, 0) is 19.8 Å². The molecule has 5 aromatic carbocycles.